The molecule has 7 nitrogen and oxygen atoms in total. The Morgan fingerprint density at radius 3 is 1.97 bits per heavy atom. The molecule has 0 saturated carbocycles. The van der Waals surface area contributed by atoms with Gasteiger partial charge in [0.1, 0.15) is 19.4 Å². The molecule has 1 aliphatic rings. The first-order chi connectivity index (χ1) is 18.5. The number of carbonyl (C=O) groups is 1. The summed E-state index contributed by atoms with van der Waals surface area (Å²) in [4.78, 5) is 14.5. The number of carbonyl (C=O) groups excluding carboxylic acids is 1. The summed E-state index contributed by atoms with van der Waals surface area (Å²) in [5.41, 5.74) is 2.92. The van der Waals surface area contributed by atoms with Gasteiger partial charge >= 0.3 is 6.09 Å². The zero-order valence-electron chi connectivity index (χ0n) is 22.0. The van der Waals surface area contributed by atoms with E-state index < -0.39 is 18.5 Å². The summed E-state index contributed by atoms with van der Waals surface area (Å²) in [5.74, 6) is -0.0106. The molecule has 202 valence electrons. The maximum absolute atomic E-state index is 13.0. The molecule has 1 amide bonds. The Hall–Kier alpha value is -3.23. The molecule has 7 heteroatoms. The van der Waals surface area contributed by atoms with Crippen LogP contribution < -0.4 is 0 Å². The Morgan fingerprint density at radius 1 is 0.816 bits per heavy atom. The lowest BCUT2D eigenvalue weighted by atomic mass is 9.84. The highest BCUT2D eigenvalue weighted by atomic mass is 16.7. The predicted octanol–water partition coefficient (Wildman–Crippen LogP) is 5.37. The Kier molecular flexibility index (Phi) is 10.3. The van der Waals surface area contributed by atoms with Crippen molar-refractivity contribution >= 4 is 6.09 Å². The molecule has 1 aliphatic heterocycles. The second-order valence-electron chi connectivity index (χ2n) is 9.77. The van der Waals surface area contributed by atoms with Gasteiger partial charge in [-0.05, 0) is 28.5 Å². The lowest BCUT2D eigenvalue weighted by Crippen LogP contribution is -2.52. The van der Waals surface area contributed by atoms with E-state index in [0.29, 0.717) is 19.8 Å². The summed E-state index contributed by atoms with van der Waals surface area (Å²) in [5, 5.41) is 10.9. The minimum absolute atomic E-state index is 0.0666. The van der Waals surface area contributed by atoms with E-state index in [1.54, 1.807) is 0 Å². The number of rotatable bonds is 11. The van der Waals surface area contributed by atoms with Crippen molar-refractivity contribution in [3.63, 3.8) is 0 Å². The molecule has 1 fully saturated rings. The molecule has 0 spiro atoms. The first-order valence-corrected chi connectivity index (χ1v) is 13.1. The fourth-order valence-corrected chi connectivity index (χ4v) is 4.41. The second-order valence-corrected chi connectivity index (χ2v) is 9.77. The third-order valence-corrected chi connectivity index (χ3v) is 7.01. The topological polar surface area (TPSA) is 77.5 Å². The van der Waals surface area contributed by atoms with Crippen LogP contribution in [0.2, 0.25) is 0 Å². The smallest absolute Gasteiger partial charge is 0.412 e. The summed E-state index contributed by atoms with van der Waals surface area (Å²) >= 11 is 0. The summed E-state index contributed by atoms with van der Waals surface area (Å²) in [6.07, 6.45) is -2.50. The van der Waals surface area contributed by atoms with Crippen molar-refractivity contribution in [2.45, 2.75) is 52.1 Å². The Bertz CT molecular complexity index is 1100. The van der Waals surface area contributed by atoms with Crippen LogP contribution in [0.25, 0.3) is 0 Å². The standard InChI is InChI=1S/C31H37NO6/c1-23-24(2)29(33)30(38-28(23)21-35-19-26-14-8-4-9-15-26)37-22-32(18-25-12-6-3-7-13-25)31(34)36-20-27-16-10-5-11-17-27/h3-17,23-24,28-30,33H,18-22H2,1-2H3/t23-,24-,28?,29?,30-/m0/s1. The Balaban J connectivity index is 1.36. The highest BCUT2D eigenvalue weighted by molar-refractivity contribution is 5.67. The molecular weight excluding hydrogens is 482 g/mol. The minimum Gasteiger partial charge on any atom is -0.444 e. The molecule has 1 heterocycles. The van der Waals surface area contributed by atoms with Gasteiger partial charge in [-0.1, -0.05) is 105 Å². The number of amides is 1. The highest BCUT2D eigenvalue weighted by Gasteiger charge is 2.41. The van der Waals surface area contributed by atoms with Gasteiger partial charge in [-0.2, -0.15) is 0 Å². The number of aliphatic hydroxyl groups is 1. The first-order valence-electron chi connectivity index (χ1n) is 13.1. The van der Waals surface area contributed by atoms with E-state index in [0.717, 1.165) is 16.7 Å². The average molecular weight is 520 g/mol. The average Bonchev–Trinajstić information content (AvgIpc) is 2.96. The maximum Gasteiger partial charge on any atom is 0.412 e. The van der Waals surface area contributed by atoms with Crippen LogP contribution in [-0.4, -0.2) is 47.9 Å². The molecule has 4 rings (SSSR count). The summed E-state index contributed by atoms with van der Waals surface area (Å²) in [6.45, 7) is 5.24. The van der Waals surface area contributed by atoms with Crippen LogP contribution >= 0.6 is 0 Å². The fraction of sp³-hybridized carbons (Fsp3) is 0.387. The van der Waals surface area contributed by atoms with Crippen LogP contribution in [0.1, 0.15) is 30.5 Å². The van der Waals surface area contributed by atoms with E-state index in [-0.39, 0.29) is 31.3 Å². The van der Waals surface area contributed by atoms with Crippen molar-refractivity contribution in [2.75, 3.05) is 13.3 Å². The quantitative estimate of drug-likeness (QED) is 0.343. The van der Waals surface area contributed by atoms with Gasteiger partial charge in [-0.15, -0.1) is 0 Å². The van der Waals surface area contributed by atoms with Gasteiger partial charge in [-0.25, -0.2) is 4.79 Å². The van der Waals surface area contributed by atoms with Crippen LogP contribution in [0.4, 0.5) is 4.79 Å². The number of benzene rings is 3. The molecular formula is C31H37NO6. The van der Waals surface area contributed by atoms with Crippen molar-refractivity contribution in [1.82, 2.24) is 4.90 Å². The van der Waals surface area contributed by atoms with Gasteiger partial charge in [-0.3, -0.25) is 4.90 Å². The number of hydrogen-bond acceptors (Lipinski definition) is 6. The van der Waals surface area contributed by atoms with Gasteiger partial charge in [0.05, 0.1) is 25.9 Å². The molecule has 1 N–H and O–H groups in total. The number of aliphatic hydroxyl groups excluding tert-OH is 1. The van der Waals surface area contributed by atoms with E-state index in [1.165, 1.54) is 4.90 Å². The van der Waals surface area contributed by atoms with Crippen LogP contribution in [0.3, 0.4) is 0 Å². The molecule has 2 unspecified atom stereocenters. The molecule has 1 saturated heterocycles. The van der Waals surface area contributed by atoms with Gasteiger partial charge < -0.3 is 24.1 Å². The zero-order valence-corrected chi connectivity index (χ0v) is 22.0. The van der Waals surface area contributed by atoms with Gasteiger partial charge in [0.2, 0.25) is 0 Å². The lowest BCUT2D eigenvalue weighted by molar-refractivity contribution is -0.285. The largest absolute Gasteiger partial charge is 0.444 e. The fourth-order valence-electron chi connectivity index (χ4n) is 4.41. The highest BCUT2D eigenvalue weighted by Crippen LogP contribution is 2.32. The Morgan fingerprint density at radius 2 is 1.37 bits per heavy atom. The van der Waals surface area contributed by atoms with E-state index >= 15 is 0 Å². The van der Waals surface area contributed by atoms with Crippen LogP contribution in [0, 0.1) is 11.8 Å². The van der Waals surface area contributed by atoms with Crippen molar-refractivity contribution in [2.24, 2.45) is 11.8 Å². The van der Waals surface area contributed by atoms with Gasteiger partial charge in [0, 0.05) is 0 Å². The maximum atomic E-state index is 13.0. The molecule has 3 aromatic carbocycles. The van der Waals surface area contributed by atoms with Crippen molar-refractivity contribution in [3.05, 3.63) is 108 Å². The zero-order chi connectivity index (χ0) is 26.7. The second kappa shape index (κ2) is 14.1. The minimum atomic E-state index is -0.897. The first kappa shape index (κ1) is 27.8. The monoisotopic (exact) mass is 519 g/mol. The molecule has 0 radical (unpaired) electrons. The predicted molar refractivity (Wildman–Crippen MR) is 144 cm³/mol. The summed E-state index contributed by atoms with van der Waals surface area (Å²) in [7, 11) is 0. The van der Waals surface area contributed by atoms with Crippen molar-refractivity contribution < 1.29 is 28.8 Å². The van der Waals surface area contributed by atoms with Crippen LogP contribution in [-0.2, 0) is 38.7 Å². The lowest BCUT2D eigenvalue weighted by Gasteiger charge is -2.42. The molecule has 0 aliphatic carbocycles. The number of ether oxygens (including phenoxy) is 4. The third-order valence-electron chi connectivity index (χ3n) is 7.01. The summed E-state index contributed by atoms with van der Waals surface area (Å²) < 4.78 is 23.7. The molecule has 3 aromatic rings. The van der Waals surface area contributed by atoms with Crippen LogP contribution in [0.15, 0.2) is 91.0 Å². The van der Waals surface area contributed by atoms with E-state index in [1.807, 2.05) is 105 Å². The van der Waals surface area contributed by atoms with E-state index in [2.05, 4.69) is 0 Å². The van der Waals surface area contributed by atoms with E-state index in [9.17, 15) is 9.90 Å². The van der Waals surface area contributed by atoms with E-state index in [4.69, 9.17) is 18.9 Å². The normalized spacial score (nSPS) is 23.1. The number of hydrogen-bond donors (Lipinski definition) is 1. The molecule has 5 atom stereocenters. The van der Waals surface area contributed by atoms with Crippen LogP contribution in [0.5, 0.6) is 0 Å². The third kappa shape index (κ3) is 7.88. The summed E-state index contributed by atoms with van der Waals surface area (Å²) in [6, 6.07) is 29.1. The van der Waals surface area contributed by atoms with Crippen molar-refractivity contribution in [1.29, 1.82) is 0 Å². The Labute approximate surface area is 224 Å². The van der Waals surface area contributed by atoms with Crippen molar-refractivity contribution in [3.8, 4) is 0 Å². The molecule has 38 heavy (non-hydrogen) atoms. The molecule has 0 bridgehead atoms. The molecule has 0 aromatic heterocycles. The number of nitrogens with zero attached hydrogens (tertiary/aromatic N) is 1. The SMILES string of the molecule is C[C@@H]1C(COCc2ccccc2)O[C@H](OCN(Cc2ccccc2)C(=O)OCc2ccccc2)C(O)[C@H]1C. The van der Waals surface area contributed by atoms with Gasteiger partial charge in [0.15, 0.2) is 6.29 Å². The van der Waals surface area contributed by atoms with Gasteiger partial charge in [0.25, 0.3) is 0 Å².